The van der Waals surface area contributed by atoms with Crippen LogP contribution in [0.25, 0.3) is 11.3 Å². The van der Waals surface area contributed by atoms with Gasteiger partial charge in [0.1, 0.15) is 12.0 Å². The largest absolute Gasteiger partial charge is 0.298 e. The molecule has 2 aromatic heterocycles. The van der Waals surface area contributed by atoms with Crippen molar-refractivity contribution in [2.75, 3.05) is 0 Å². The number of carbonyl (C=O) groups is 2. The van der Waals surface area contributed by atoms with Crippen molar-refractivity contribution in [3.05, 3.63) is 83.3 Å². The first-order valence-electron chi connectivity index (χ1n) is 7.63. The van der Waals surface area contributed by atoms with E-state index in [1.807, 2.05) is 43.3 Å². The van der Waals surface area contributed by atoms with Crippen LogP contribution in [0, 0.1) is 6.92 Å². The van der Waals surface area contributed by atoms with Gasteiger partial charge in [0.25, 0.3) is 0 Å². The summed E-state index contributed by atoms with van der Waals surface area (Å²) in [6, 6.07) is 16.3. The molecule has 0 saturated carbocycles. The zero-order chi connectivity index (χ0) is 16.9. The number of aryl methyl sites for hydroxylation is 1. The van der Waals surface area contributed by atoms with Gasteiger partial charge in [0, 0.05) is 29.4 Å². The standard InChI is InChI=1S/C20H16N2O2/c1-14-3-2-4-18(22-14)20(24)12-16-9-10-21-19(11-16)17-7-5-15(13-23)6-8-17/h2-11,13H,12H2,1H3. The van der Waals surface area contributed by atoms with Gasteiger partial charge in [-0.25, -0.2) is 0 Å². The molecule has 3 aromatic rings. The summed E-state index contributed by atoms with van der Waals surface area (Å²) in [5, 5.41) is 0. The van der Waals surface area contributed by atoms with Crippen molar-refractivity contribution in [3.8, 4) is 11.3 Å². The minimum absolute atomic E-state index is 0.0212. The fraction of sp³-hybridized carbons (Fsp3) is 0.100. The average Bonchev–Trinajstić information content (AvgIpc) is 2.62. The maximum absolute atomic E-state index is 12.4. The Bertz CT molecular complexity index is 886. The van der Waals surface area contributed by atoms with Crippen molar-refractivity contribution < 1.29 is 9.59 Å². The van der Waals surface area contributed by atoms with Crippen molar-refractivity contribution in [2.45, 2.75) is 13.3 Å². The van der Waals surface area contributed by atoms with Gasteiger partial charge in [0.2, 0.25) is 0 Å². The van der Waals surface area contributed by atoms with Crippen LogP contribution in [-0.4, -0.2) is 22.0 Å². The van der Waals surface area contributed by atoms with E-state index in [1.54, 1.807) is 24.4 Å². The number of hydrogen-bond acceptors (Lipinski definition) is 4. The Balaban J connectivity index is 1.82. The second-order valence-corrected chi connectivity index (χ2v) is 5.55. The monoisotopic (exact) mass is 316 g/mol. The summed E-state index contributed by atoms with van der Waals surface area (Å²) in [6.07, 6.45) is 2.77. The fourth-order valence-electron chi connectivity index (χ4n) is 2.45. The number of carbonyl (C=O) groups excluding carboxylic acids is 2. The lowest BCUT2D eigenvalue weighted by Crippen LogP contribution is -2.06. The Kier molecular flexibility index (Phi) is 4.57. The summed E-state index contributed by atoms with van der Waals surface area (Å²) in [5.41, 5.74) is 4.48. The zero-order valence-electron chi connectivity index (χ0n) is 13.3. The van der Waals surface area contributed by atoms with E-state index in [1.165, 1.54) is 0 Å². The summed E-state index contributed by atoms with van der Waals surface area (Å²) in [5.74, 6) is -0.0212. The molecule has 0 aliphatic heterocycles. The molecule has 0 fully saturated rings. The van der Waals surface area contributed by atoms with E-state index in [4.69, 9.17) is 0 Å². The van der Waals surface area contributed by atoms with Gasteiger partial charge < -0.3 is 0 Å². The van der Waals surface area contributed by atoms with Crippen molar-refractivity contribution in [1.82, 2.24) is 9.97 Å². The molecular formula is C20H16N2O2. The Hall–Kier alpha value is -3.14. The highest BCUT2D eigenvalue weighted by Gasteiger charge is 2.10. The summed E-state index contributed by atoms with van der Waals surface area (Å²) in [7, 11) is 0. The Morgan fingerprint density at radius 2 is 1.88 bits per heavy atom. The normalized spacial score (nSPS) is 10.4. The summed E-state index contributed by atoms with van der Waals surface area (Å²) < 4.78 is 0. The maximum Gasteiger partial charge on any atom is 0.185 e. The number of benzene rings is 1. The molecule has 0 aliphatic rings. The van der Waals surface area contributed by atoms with E-state index in [2.05, 4.69) is 9.97 Å². The Morgan fingerprint density at radius 3 is 2.58 bits per heavy atom. The predicted octanol–water partition coefficient (Wildman–Crippen LogP) is 3.69. The van der Waals surface area contributed by atoms with Gasteiger partial charge >= 0.3 is 0 Å². The second-order valence-electron chi connectivity index (χ2n) is 5.55. The predicted molar refractivity (Wildman–Crippen MR) is 92.1 cm³/mol. The van der Waals surface area contributed by atoms with Gasteiger partial charge in [-0.15, -0.1) is 0 Å². The smallest absolute Gasteiger partial charge is 0.185 e. The van der Waals surface area contributed by atoms with E-state index < -0.39 is 0 Å². The van der Waals surface area contributed by atoms with Gasteiger partial charge in [0.05, 0.1) is 5.69 Å². The first kappa shape index (κ1) is 15.7. The highest BCUT2D eigenvalue weighted by molar-refractivity contribution is 5.95. The second kappa shape index (κ2) is 6.96. The molecule has 3 rings (SSSR count). The number of pyridine rings is 2. The van der Waals surface area contributed by atoms with Gasteiger partial charge in [-0.3, -0.25) is 19.6 Å². The topological polar surface area (TPSA) is 59.9 Å². The molecule has 0 bridgehead atoms. The molecule has 0 radical (unpaired) electrons. The van der Waals surface area contributed by atoms with Gasteiger partial charge in [-0.05, 0) is 36.8 Å². The first-order chi connectivity index (χ1) is 11.7. The van der Waals surface area contributed by atoms with Gasteiger partial charge in [-0.1, -0.05) is 30.3 Å². The molecule has 0 spiro atoms. The van der Waals surface area contributed by atoms with E-state index >= 15 is 0 Å². The molecule has 118 valence electrons. The number of aromatic nitrogens is 2. The molecule has 0 N–H and O–H groups in total. The van der Waals surface area contributed by atoms with Crippen molar-refractivity contribution in [1.29, 1.82) is 0 Å². The SMILES string of the molecule is Cc1cccc(C(=O)Cc2ccnc(-c3ccc(C=O)cc3)c2)n1. The maximum atomic E-state index is 12.4. The summed E-state index contributed by atoms with van der Waals surface area (Å²) >= 11 is 0. The van der Waals surface area contributed by atoms with Crippen LogP contribution < -0.4 is 0 Å². The lowest BCUT2D eigenvalue weighted by molar-refractivity contribution is 0.0987. The van der Waals surface area contributed by atoms with E-state index in [9.17, 15) is 9.59 Å². The lowest BCUT2D eigenvalue weighted by atomic mass is 10.0. The summed E-state index contributed by atoms with van der Waals surface area (Å²) in [4.78, 5) is 31.7. The number of Topliss-reactive ketones (excluding diaryl/α,β-unsaturated/α-hetero) is 1. The third-order valence-corrected chi connectivity index (χ3v) is 3.71. The number of ketones is 1. The van der Waals surface area contributed by atoms with Crippen LogP contribution in [0.15, 0.2) is 60.8 Å². The molecule has 0 amide bonds. The van der Waals surface area contributed by atoms with E-state index in [0.29, 0.717) is 11.3 Å². The minimum Gasteiger partial charge on any atom is -0.298 e. The minimum atomic E-state index is -0.0212. The van der Waals surface area contributed by atoms with Gasteiger partial charge in [-0.2, -0.15) is 0 Å². The Labute approximate surface area is 140 Å². The summed E-state index contributed by atoms with van der Waals surface area (Å²) in [6.45, 7) is 1.87. The number of aldehydes is 1. The molecule has 0 aliphatic carbocycles. The van der Waals surface area contributed by atoms with Gasteiger partial charge in [0.15, 0.2) is 5.78 Å². The molecule has 0 saturated heterocycles. The average molecular weight is 316 g/mol. The van der Waals surface area contributed by atoms with Crippen molar-refractivity contribution >= 4 is 12.1 Å². The third-order valence-electron chi connectivity index (χ3n) is 3.71. The van der Waals surface area contributed by atoms with Crippen LogP contribution in [0.2, 0.25) is 0 Å². The highest BCUT2D eigenvalue weighted by Crippen LogP contribution is 2.19. The molecular weight excluding hydrogens is 300 g/mol. The molecule has 4 heteroatoms. The molecule has 4 nitrogen and oxygen atoms in total. The zero-order valence-corrected chi connectivity index (χ0v) is 13.3. The number of hydrogen-bond donors (Lipinski definition) is 0. The molecule has 0 atom stereocenters. The number of rotatable bonds is 5. The molecule has 1 aromatic carbocycles. The van der Waals surface area contributed by atoms with Crippen LogP contribution in [0.1, 0.15) is 32.1 Å². The molecule has 2 heterocycles. The van der Waals surface area contributed by atoms with Crippen molar-refractivity contribution in [3.63, 3.8) is 0 Å². The first-order valence-corrected chi connectivity index (χ1v) is 7.63. The van der Waals surface area contributed by atoms with E-state index in [-0.39, 0.29) is 12.2 Å². The van der Waals surface area contributed by atoms with Crippen molar-refractivity contribution in [2.24, 2.45) is 0 Å². The highest BCUT2D eigenvalue weighted by atomic mass is 16.1. The number of nitrogens with zero attached hydrogens (tertiary/aromatic N) is 2. The third kappa shape index (κ3) is 3.60. The van der Waals surface area contributed by atoms with Crippen LogP contribution >= 0.6 is 0 Å². The quantitative estimate of drug-likeness (QED) is 0.532. The van der Waals surface area contributed by atoms with Crippen LogP contribution in [0.3, 0.4) is 0 Å². The fourth-order valence-corrected chi connectivity index (χ4v) is 2.45. The Morgan fingerprint density at radius 1 is 1.08 bits per heavy atom. The van der Waals surface area contributed by atoms with Crippen LogP contribution in [-0.2, 0) is 6.42 Å². The van der Waals surface area contributed by atoms with Crippen LogP contribution in [0.4, 0.5) is 0 Å². The molecule has 0 unspecified atom stereocenters. The lowest BCUT2D eigenvalue weighted by Gasteiger charge is -2.05. The van der Waals surface area contributed by atoms with E-state index in [0.717, 1.165) is 28.8 Å². The van der Waals surface area contributed by atoms with Crippen LogP contribution in [0.5, 0.6) is 0 Å². The molecule has 24 heavy (non-hydrogen) atoms.